The maximum Gasteiger partial charge on any atom is 0.369 e. The van der Waals surface area contributed by atoms with Crippen molar-refractivity contribution in [3.05, 3.63) is 0 Å². The molecule has 5 N–H and O–H groups in total. The topological polar surface area (TPSA) is 152 Å². The number of hydrogen-bond acceptors (Lipinski definition) is 5. The van der Waals surface area contributed by atoms with Gasteiger partial charge in [0.2, 0.25) is 0 Å². The Morgan fingerprint density at radius 3 is 1.82 bits per heavy atom. The Kier molecular flexibility index (Phi) is 5.59. The summed E-state index contributed by atoms with van der Waals surface area (Å²) in [6.45, 7) is 2.51. The summed E-state index contributed by atoms with van der Waals surface area (Å²) in [5, 5.41) is 4.82. The maximum absolute atomic E-state index is 11.0. The van der Waals surface area contributed by atoms with Gasteiger partial charge < -0.3 is 24.7 Å². The lowest BCUT2D eigenvalue weighted by Crippen LogP contribution is -2.32. The van der Waals surface area contributed by atoms with Crippen LogP contribution in [0.15, 0.2) is 0 Å². The lowest BCUT2D eigenvalue weighted by molar-refractivity contribution is -0.109. The molecular formula is C6H14O8P2S. The van der Waals surface area contributed by atoms with Gasteiger partial charge in [-0.2, -0.15) is 0 Å². The number of hydrogen-bond donors (Lipinski definition) is 5. The van der Waals surface area contributed by atoms with Crippen molar-refractivity contribution in [3.63, 3.8) is 0 Å². The molecule has 0 saturated heterocycles. The van der Waals surface area contributed by atoms with Crippen LogP contribution in [0.1, 0.15) is 20.3 Å². The summed E-state index contributed by atoms with van der Waals surface area (Å²) >= 11 is 0.628. The van der Waals surface area contributed by atoms with Crippen LogP contribution in [-0.2, 0) is 13.9 Å². The summed E-state index contributed by atoms with van der Waals surface area (Å²) in [7, 11) is -10.9. The normalized spacial score (nSPS) is 15.7. The molecule has 0 bridgehead atoms. The van der Waals surface area contributed by atoms with Crippen molar-refractivity contribution in [2.24, 2.45) is 0 Å². The highest BCUT2D eigenvalue weighted by Crippen LogP contribution is 2.69. The smallest absolute Gasteiger partial charge is 0.367 e. The predicted octanol–water partition coefficient (Wildman–Crippen LogP) is 0.0462. The van der Waals surface area contributed by atoms with Crippen molar-refractivity contribution in [3.8, 4) is 0 Å². The van der Waals surface area contributed by atoms with Gasteiger partial charge in [-0.15, -0.1) is 0 Å². The van der Waals surface area contributed by atoms with Gasteiger partial charge in [0, 0.05) is 18.6 Å². The first kappa shape index (κ1) is 17.3. The number of carbonyl (C=O) groups is 1. The van der Waals surface area contributed by atoms with E-state index in [0.717, 1.165) is 0 Å². The van der Waals surface area contributed by atoms with Crippen LogP contribution < -0.4 is 0 Å². The first-order valence-electron chi connectivity index (χ1n) is 4.32. The molecule has 1 atom stereocenters. The van der Waals surface area contributed by atoms with Gasteiger partial charge in [-0.25, -0.2) is 0 Å². The van der Waals surface area contributed by atoms with E-state index in [9.17, 15) is 19.0 Å². The maximum atomic E-state index is 11.0. The number of rotatable bonds is 5. The van der Waals surface area contributed by atoms with Gasteiger partial charge in [-0.05, 0) is 0 Å². The molecule has 0 amide bonds. The van der Waals surface area contributed by atoms with E-state index >= 15 is 0 Å². The third-order valence-corrected chi connectivity index (χ3v) is 6.56. The number of aliphatic hydroxyl groups is 1. The van der Waals surface area contributed by atoms with Crippen molar-refractivity contribution < 1.29 is 38.6 Å². The molecular weight excluding hydrogens is 294 g/mol. The molecule has 0 aromatic carbocycles. The van der Waals surface area contributed by atoms with Crippen molar-refractivity contribution >= 4 is 32.1 Å². The van der Waals surface area contributed by atoms with E-state index in [2.05, 4.69) is 0 Å². The molecule has 0 aromatic heterocycles. The monoisotopic (exact) mass is 308 g/mol. The van der Waals surface area contributed by atoms with E-state index in [4.69, 9.17) is 19.6 Å². The van der Waals surface area contributed by atoms with Gasteiger partial charge in [-0.1, -0.05) is 18.7 Å². The molecule has 0 aromatic rings. The molecule has 0 aliphatic heterocycles. The molecule has 8 nitrogen and oxygen atoms in total. The Labute approximate surface area is 102 Å². The van der Waals surface area contributed by atoms with Crippen molar-refractivity contribution in [1.82, 2.24) is 0 Å². The summed E-state index contributed by atoms with van der Waals surface area (Å²) in [6, 6.07) is 0. The standard InChI is InChI=1S/C6H14O8P2S/c1-4(17-5(2)7)3-6(8,15(9,10)11)16(12,13)14/h4,8H,3H2,1-2H3,(H2,9,10,11)(H2,12,13,14). The third kappa shape index (κ3) is 4.46. The molecule has 17 heavy (non-hydrogen) atoms. The minimum atomic E-state index is -5.44. The fraction of sp³-hybridized carbons (Fsp3) is 0.833. The molecule has 0 spiro atoms. The molecule has 0 rings (SSSR count). The van der Waals surface area contributed by atoms with Crippen LogP contribution in [0.2, 0.25) is 0 Å². The lowest BCUT2D eigenvalue weighted by Gasteiger charge is -2.30. The van der Waals surface area contributed by atoms with Crippen molar-refractivity contribution in [1.29, 1.82) is 0 Å². The number of thioether (sulfide) groups is 1. The van der Waals surface area contributed by atoms with Gasteiger partial charge in [0.1, 0.15) is 0 Å². The minimum absolute atomic E-state index is 0.392. The van der Waals surface area contributed by atoms with Gasteiger partial charge in [0.05, 0.1) is 0 Å². The second kappa shape index (κ2) is 5.50. The van der Waals surface area contributed by atoms with Gasteiger partial charge in [0.25, 0.3) is 5.08 Å². The average Bonchev–Trinajstić information content (AvgIpc) is 1.97. The molecule has 0 aliphatic rings. The summed E-state index contributed by atoms with van der Waals surface area (Å²) in [5.41, 5.74) is 0. The van der Waals surface area contributed by atoms with Crippen LogP contribution in [0, 0.1) is 0 Å². The summed E-state index contributed by atoms with van der Waals surface area (Å²) < 4.78 is 22.0. The van der Waals surface area contributed by atoms with Crippen LogP contribution in [0.25, 0.3) is 0 Å². The number of carbonyl (C=O) groups excluding carboxylic acids is 1. The fourth-order valence-electron chi connectivity index (χ4n) is 1.12. The van der Waals surface area contributed by atoms with Gasteiger partial charge in [-0.3, -0.25) is 13.9 Å². The van der Waals surface area contributed by atoms with Crippen LogP contribution in [-0.4, -0.2) is 40.1 Å². The molecule has 0 radical (unpaired) electrons. The highest BCUT2D eigenvalue weighted by Gasteiger charge is 2.59. The zero-order valence-electron chi connectivity index (χ0n) is 9.05. The molecule has 1 unspecified atom stereocenters. The van der Waals surface area contributed by atoms with Crippen molar-refractivity contribution in [2.75, 3.05) is 0 Å². The van der Waals surface area contributed by atoms with Crippen LogP contribution in [0.4, 0.5) is 0 Å². The molecule has 0 heterocycles. The molecule has 0 saturated carbocycles. The Bertz CT molecular complexity index is 361. The largest absolute Gasteiger partial charge is 0.369 e. The van der Waals surface area contributed by atoms with Crippen molar-refractivity contribution in [2.45, 2.75) is 30.6 Å². The van der Waals surface area contributed by atoms with E-state index in [1.165, 1.54) is 13.8 Å². The predicted molar refractivity (Wildman–Crippen MR) is 61.4 cm³/mol. The van der Waals surface area contributed by atoms with E-state index in [-0.39, 0.29) is 0 Å². The SMILES string of the molecule is CC(=O)SC(C)CC(O)(P(=O)(O)O)P(=O)(O)O. The fourth-order valence-corrected chi connectivity index (χ4v) is 4.64. The zero-order valence-corrected chi connectivity index (χ0v) is 11.7. The van der Waals surface area contributed by atoms with Gasteiger partial charge in [0.15, 0.2) is 5.12 Å². The average molecular weight is 308 g/mol. The molecule has 11 heteroatoms. The highest BCUT2D eigenvalue weighted by molar-refractivity contribution is 8.14. The zero-order chi connectivity index (χ0) is 14.1. The van der Waals surface area contributed by atoms with Crippen LogP contribution >= 0.6 is 27.0 Å². The lowest BCUT2D eigenvalue weighted by atomic mass is 10.3. The quantitative estimate of drug-likeness (QED) is 0.443. The van der Waals surface area contributed by atoms with E-state index < -0.39 is 37.1 Å². The van der Waals surface area contributed by atoms with Gasteiger partial charge >= 0.3 is 15.2 Å². The molecule has 0 aliphatic carbocycles. The second-order valence-electron chi connectivity index (χ2n) is 3.49. The summed E-state index contributed by atoms with van der Waals surface area (Å²) in [6.07, 6.45) is -0.897. The highest BCUT2D eigenvalue weighted by atomic mass is 32.2. The Balaban J connectivity index is 5.20. The van der Waals surface area contributed by atoms with Crippen LogP contribution in [0.5, 0.6) is 0 Å². The first-order chi connectivity index (χ1) is 7.31. The molecule has 102 valence electrons. The second-order valence-corrected chi connectivity index (χ2v) is 9.11. The van der Waals surface area contributed by atoms with E-state index in [0.29, 0.717) is 11.8 Å². The van der Waals surface area contributed by atoms with E-state index in [1.807, 2.05) is 0 Å². The Hall–Kier alpha value is 0.280. The Morgan fingerprint density at radius 2 is 1.59 bits per heavy atom. The molecule has 0 fully saturated rings. The Morgan fingerprint density at radius 1 is 1.24 bits per heavy atom. The summed E-state index contributed by atoms with van der Waals surface area (Å²) in [5.74, 6) is 0. The van der Waals surface area contributed by atoms with E-state index in [1.54, 1.807) is 0 Å². The minimum Gasteiger partial charge on any atom is -0.367 e. The third-order valence-electron chi connectivity index (χ3n) is 1.86. The van der Waals surface area contributed by atoms with Crippen LogP contribution in [0.3, 0.4) is 0 Å². The summed E-state index contributed by atoms with van der Waals surface area (Å²) in [4.78, 5) is 46.1. The first-order valence-corrected chi connectivity index (χ1v) is 8.42.